The molecule has 1 aromatic carbocycles. The minimum Gasteiger partial charge on any atom is -0.314 e. The zero-order valence-electron chi connectivity index (χ0n) is 13.6. The lowest BCUT2D eigenvalue weighted by Crippen LogP contribution is -2.49. The van der Waals surface area contributed by atoms with Gasteiger partial charge in [0.2, 0.25) is 10.0 Å². The molecule has 2 aliphatic heterocycles. The van der Waals surface area contributed by atoms with Crippen LogP contribution in [0.4, 0.5) is 0 Å². The first kappa shape index (κ1) is 20.3. The molecule has 3 rings (SSSR count). The van der Waals surface area contributed by atoms with Gasteiger partial charge in [0.25, 0.3) is 0 Å². The van der Waals surface area contributed by atoms with Gasteiger partial charge in [0.15, 0.2) is 0 Å². The van der Waals surface area contributed by atoms with Crippen molar-refractivity contribution < 1.29 is 8.42 Å². The lowest BCUT2D eigenvalue weighted by molar-refractivity contribution is 0.179. The van der Waals surface area contributed by atoms with Crippen LogP contribution in [0, 0.1) is 0 Å². The van der Waals surface area contributed by atoms with Crippen molar-refractivity contribution in [3.05, 3.63) is 23.2 Å². The van der Waals surface area contributed by atoms with Gasteiger partial charge in [0.05, 0.1) is 9.92 Å². The minimum atomic E-state index is -3.46. The third kappa shape index (κ3) is 4.20. The lowest BCUT2D eigenvalue weighted by Gasteiger charge is -2.32. The quantitative estimate of drug-likeness (QED) is 0.769. The van der Waals surface area contributed by atoms with Crippen molar-refractivity contribution in [3.63, 3.8) is 0 Å². The SMILES string of the molecule is CSc1ccc(S(=O)(=O)N2CCC(N3CCNCC3)C2)cc1Cl.Cl. The number of nitrogens with zero attached hydrogens (tertiary/aromatic N) is 2. The van der Waals surface area contributed by atoms with Crippen molar-refractivity contribution >= 4 is 45.8 Å². The number of nitrogens with one attached hydrogen (secondary N) is 1. The van der Waals surface area contributed by atoms with E-state index < -0.39 is 10.0 Å². The molecule has 2 aliphatic rings. The first-order valence-corrected chi connectivity index (χ1v) is 10.8. The number of hydrogen-bond donors (Lipinski definition) is 1. The second-order valence-electron chi connectivity index (χ2n) is 5.89. The van der Waals surface area contributed by atoms with Gasteiger partial charge >= 0.3 is 0 Å². The van der Waals surface area contributed by atoms with Crippen LogP contribution in [-0.2, 0) is 10.0 Å². The molecule has 1 aromatic rings. The molecule has 0 bridgehead atoms. The Morgan fingerprint density at radius 1 is 1.25 bits per heavy atom. The van der Waals surface area contributed by atoms with Gasteiger partial charge in [-0.2, -0.15) is 4.31 Å². The molecule has 2 saturated heterocycles. The Kier molecular flexibility index (Phi) is 7.25. The summed E-state index contributed by atoms with van der Waals surface area (Å²) in [4.78, 5) is 3.59. The van der Waals surface area contributed by atoms with Crippen LogP contribution in [0.1, 0.15) is 6.42 Å². The summed E-state index contributed by atoms with van der Waals surface area (Å²) in [6, 6.07) is 5.34. The molecule has 1 atom stereocenters. The molecule has 2 fully saturated rings. The molecule has 1 N–H and O–H groups in total. The predicted molar refractivity (Wildman–Crippen MR) is 102 cm³/mol. The van der Waals surface area contributed by atoms with E-state index in [1.54, 1.807) is 22.5 Å². The molecule has 5 nitrogen and oxygen atoms in total. The van der Waals surface area contributed by atoms with Crippen molar-refractivity contribution in [2.24, 2.45) is 0 Å². The summed E-state index contributed by atoms with van der Waals surface area (Å²) in [5.74, 6) is 0. The Balaban J connectivity index is 0.00000208. The smallest absolute Gasteiger partial charge is 0.243 e. The largest absolute Gasteiger partial charge is 0.314 e. The summed E-state index contributed by atoms with van der Waals surface area (Å²) in [6.07, 6.45) is 2.82. The maximum Gasteiger partial charge on any atom is 0.243 e. The number of benzene rings is 1. The Morgan fingerprint density at radius 2 is 1.96 bits per heavy atom. The third-order valence-corrected chi connectivity index (χ3v) is 7.64. The van der Waals surface area contributed by atoms with Crippen molar-refractivity contribution in [2.45, 2.75) is 22.3 Å². The highest BCUT2D eigenvalue weighted by Crippen LogP contribution is 2.30. The molecule has 24 heavy (non-hydrogen) atoms. The predicted octanol–water partition coefficient (Wildman–Crippen LogP) is 2.15. The van der Waals surface area contributed by atoms with E-state index in [4.69, 9.17) is 11.6 Å². The van der Waals surface area contributed by atoms with Crippen LogP contribution in [0.2, 0.25) is 5.02 Å². The van der Waals surface area contributed by atoms with Gasteiger partial charge < -0.3 is 5.32 Å². The van der Waals surface area contributed by atoms with E-state index in [-0.39, 0.29) is 12.4 Å². The van der Waals surface area contributed by atoms with Crippen LogP contribution in [0.3, 0.4) is 0 Å². The number of sulfonamides is 1. The zero-order chi connectivity index (χ0) is 16.4. The standard InChI is InChI=1S/C15H22ClN3O2S2.ClH/c1-22-15-3-2-13(10-14(15)16)23(20,21)19-7-4-12(11-19)18-8-5-17-6-9-18;/h2-3,10,12,17H,4-9,11H2,1H3;1H. The van der Waals surface area contributed by atoms with E-state index in [0.29, 0.717) is 29.0 Å². The average Bonchev–Trinajstić information content (AvgIpc) is 3.06. The molecular weight excluding hydrogens is 389 g/mol. The van der Waals surface area contributed by atoms with Gasteiger partial charge in [-0.3, -0.25) is 4.90 Å². The van der Waals surface area contributed by atoms with Crippen LogP contribution >= 0.6 is 35.8 Å². The molecule has 0 saturated carbocycles. The third-order valence-electron chi connectivity index (χ3n) is 4.56. The summed E-state index contributed by atoms with van der Waals surface area (Å²) < 4.78 is 27.3. The second kappa shape index (κ2) is 8.58. The Labute approximate surface area is 159 Å². The van der Waals surface area contributed by atoms with Crippen LogP contribution in [0.15, 0.2) is 28.0 Å². The molecule has 1 unspecified atom stereocenters. The summed E-state index contributed by atoms with van der Waals surface area (Å²) in [6.45, 7) is 5.10. The molecule has 0 aromatic heterocycles. The average molecular weight is 412 g/mol. The first-order valence-electron chi connectivity index (χ1n) is 7.81. The van der Waals surface area contributed by atoms with Crippen molar-refractivity contribution in [1.82, 2.24) is 14.5 Å². The van der Waals surface area contributed by atoms with Crippen LogP contribution < -0.4 is 5.32 Å². The zero-order valence-corrected chi connectivity index (χ0v) is 16.8. The van der Waals surface area contributed by atoms with Gasteiger partial charge in [-0.05, 0) is 30.9 Å². The van der Waals surface area contributed by atoms with E-state index >= 15 is 0 Å². The first-order chi connectivity index (χ1) is 11.0. The van der Waals surface area contributed by atoms with Gasteiger partial charge in [-0.25, -0.2) is 8.42 Å². The summed E-state index contributed by atoms with van der Waals surface area (Å²) in [7, 11) is -3.46. The lowest BCUT2D eigenvalue weighted by atomic mass is 10.2. The Hall–Kier alpha value is -0.0200. The molecule has 0 radical (unpaired) electrons. The number of halogens is 2. The molecule has 0 amide bonds. The normalized spacial score (nSPS) is 23.2. The van der Waals surface area contributed by atoms with E-state index in [9.17, 15) is 8.42 Å². The maximum absolute atomic E-state index is 12.8. The van der Waals surface area contributed by atoms with Gasteiger partial charge in [-0.1, -0.05) is 11.6 Å². The fourth-order valence-electron chi connectivity index (χ4n) is 3.23. The number of thioether (sulfide) groups is 1. The van der Waals surface area contributed by atoms with E-state index in [1.807, 2.05) is 6.26 Å². The van der Waals surface area contributed by atoms with Gasteiger partial charge in [0.1, 0.15) is 0 Å². The van der Waals surface area contributed by atoms with E-state index in [0.717, 1.165) is 37.5 Å². The highest BCUT2D eigenvalue weighted by atomic mass is 35.5. The molecule has 0 aliphatic carbocycles. The van der Waals surface area contributed by atoms with Crippen molar-refractivity contribution in [3.8, 4) is 0 Å². The second-order valence-corrected chi connectivity index (χ2v) is 9.08. The molecule has 0 spiro atoms. The maximum atomic E-state index is 12.8. The molecule has 2 heterocycles. The molecular formula is C15H23Cl2N3O2S2. The molecule has 136 valence electrons. The highest BCUT2D eigenvalue weighted by Gasteiger charge is 2.35. The monoisotopic (exact) mass is 411 g/mol. The van der Waals surface area contributed by atoms with Crippen LogP contribution in [0.5, 0.6) is 0 Å². The van der Waals surface area contributed by atoms with Crippen LogP contribution in [-0.4, -0.2) is 69.2 Å². The van der Waals surface area contributed by atoms with E-state index in [2.05, 4.69) is 10.2 Å². The van der Waals surface area contributed by atoms with Crippen LogP contribution in [0.25, 0.3) is 0 Å². The Morgan fingerprint density at radius 3 is 2.58 bits per heavy atom. The number of rotatable bonds is 4. The number of hydrogen-bond acceptors (Lipinski definition) is 5. The minimum absolute atomic E-state index is 0. The summed E-state index contributed by atoms with van der Waals surface area (Å²) in [5, 5.41) is 3.83. The summed E-state index contributed by atoms with van der Waals surface area (Å²) >= 11 is 7.69. The summed E-state index contributed by atoms with van der Waals surface area (Å²) in [5.41, 5.74) is 0. The molecule has 9 heteroatoms. The Bertz CT molecular complexity index is 667. The van der Waals surface area contributed by atoms with E-state index in [1.165, 1.54) is 11.8 Å². The fourth-order valence-corrected chi connectivity index (χ4v) is 5.68. The van der Waals surface area contributed by atoms with Crippen molar-refractivity contribution in [2.75, 3.05) is 45.5 Å². The highest BCUT2D eigenvalue weighted by molar-refractivity contribution is 7.98. The van der Waals surface area contributed by atoms with Gasteiger partial charge in [0, 0.05) is 50.2 Å². The van der Waals surface area contributed by atoms with Crippen molar-refractivity contribution in [1.29, 1.82) is 0 Å². The topological polar surface area (TPSA) is 52.7 Å². The van der Waals surface area contributed by atoms with Gasteiger partial charge in [-0.15, -0.1) is 24.2 Å². The number of piperazine rings is 1. The fraction of sp³-hybridized carbons (Fsp3) is 0.600.